The average Bonchev–Trinajstić information content (AvgIpc) is 3.57. The van der Waals surface area contributed by atoms with Crippen LogP contribution in [0.1, 0.15) is 32.9 Å². The van der Waals surface area contributed by atoms with Crippen molar-refractivity contribution in [1.29, 1.82) is 0 Å². The number of amides is 3. The molecule has 4 N–H and O–H groups in total. The van der Waals surface area contributed by atoms with Gasteiger partial charge in [-0.3, -0.25) is 19.2 Å². The Kier molecular flexibility index (Phi) is 7.62. The van der Waals surface area contributed by atoms with Crippen LogP contribution in [0.5, 0.6) is 0 Å². The van der Waals surface area contributed by atoms with E-state index < -0.39 is 35.6 Å². The van der Waals surface area contributed by atoms with Crippen molar-refractivity contribution in [3.8, 4) is 0 Å². The Morgan fingerprint density at radius 3 is 2.63 bits per heavy atom. The maximum Gasteiger partial charge on any atom is 0.263 e. The number of carbonyl (C=O) groups is 3. The van der Waals surface area contributed by atoms with Gasteiger partial charge in [0.05, 0.1) is 36.9 Å². The maximum absolute atomic E-state index is 13.7. The molecule has 3 amide bonds. The minimum absolute atomic E-state index is 0.103. The Bertz CT molecular complexity index is 1800. The van der Waals surface area contributed by atoms with E-state index in [0.717, 1.165) is 12.1 Å². The minimum Gasteiger partial charge on any atom is -0.345 e. The first-order chi connectivity index (χ1) is 19.6. The smallest absolute Gasteiger partial charge is 0.263 e. The summed E-state index contributed by atoms with van der Waals surface area (Å²) < 4.78 is 28.7. The summed E-state index contributed by atoms with van der Waals surface area (Å²) in [6, 6.07) is 9.50. The fraction of sp³-hybridized carbons (Fsp3) is 0.107. The van der Waals surface area contributed by atoms with Crippen molar-refractivity contribution in [3.05, 3.63) is 110 Å². The second-order valence-corrected chi connectivity index (χ2v) is 10.00. The van der Waals surface area contributed by atoms with Crippen LogP contribution in [-0.2, 0) is 16.1 Å². The van der Waals surface area contributed by atoms with Gasteiger partial charge >= 0.3 is 0 Å². The van der Waals surface area contributed by atoms with Gasteiger partial charge in [0.2, 0.25) is 5.91 Å². The lowest BCUT2D eigenvalue weighted by Gasteiger charge is -2.14. The van der Waals surface area contributed by atoms with E-state index in [9.17, 15) is 28.0 Å². The summed E-state index contributed by atoms with van der Waals surface area (Å²) in [6.45, 7) is 1.09. The van der Waals surface area contributed by atoms with Gasteiger partial charge in [-0.1, -0.05) is 6.07 Å². The number of imidazole rings is 1. The number of halogens is 3. The van der Waals surface area contributed by atoms with Crippen LogP contribution < -0.4 is 21.5 Å². The van der Waals surface area contributed by atoms with E-state index in [1.54, 1.807) is 37.4 Å². The van der Waals surface area contributed by atoms with Crippen molar-refractivity contribution in [2.75, 3.05) is 17.2 Å². The summed E-state index contributed by atoms with van der Waals surface area (Å²) in [5, 5.41) is 7.85. The van der Waals surface area contributed by atoms with E-state index in [1.807, 2.05) is 0 Å². The minimum atomic E-state index is -1.05. The number of anilines is 2. The molecule has 1 aliphatic heterocycles. The van der Waals surface area contributed by atoms with Gasteiger partial charge in [0.25, 0.3) is 17.4 Å². The van der Waals surface area contributed by atoms with Gasteiger partial charge in [-0.15, -0.1) is 0 Å². The molecule has 10 nitrogen and oxygen atoms in total. The zero-order chi connectivity index (χ0) is 29.3. The number of aromatic amines is 1. The van der Waals surface area contributed by atoms with Crippen molar-refractivity contribution >= 4 is 56.7 Å². The van der Waals surface area contributed by atoms with Gasteiger partial charge in [0.1, 0.15) is 5.56 Å². The Labute approximate surface area is 239 Å². The third-order valence-corrected chi connectivity index (χ3v) is 7.18. The lowest BCUT2D eigenvalue weighted by Crippen LogP contribution is -2.38. The SMILES string of the molecule is Cc1c(Br)cc(C(=O)NCC(=O)Nc2ccc3c(c2)/C(=C/c2cnc[nH]2)C(=O)N3)c(=O)n1Cc1ccc(F)c(F)c1. The summed E-state index contributed by atoms with van der Waals surface area (Å²) >= 11 is 3.32. The molecule has 2 aromatic heterocycles. The molecule has 1 aliphatic rings. The standard InChI is InChI=1S/C28H21BrF2N6O4/c1-14-21(29)9-20(28(41)37(14)12-15-2-4-22(30)23(31)6-15)26(39)33-11-25(38)35-16-3-5-24-18(7-16)19(27(40)36-24)8-17-10-32-13-34-17/h2-10,13H,11-12H2,1H3,(H,32,34)(H,33,39)(H,35,38)(H,36,40)/b19-8-. The number of nitrogens with zero attached hydrogens (tertiary/aromatic N) is 2. The maximum atomic E-state index is 13.7. The quantitative estimate of drug-likeness (QED) is 0.232. The number of aromatic nitrogens is 3. The Morgan fingerprint density at radius 2 is 1.90 bits per heavy atom. The van der Waals surface area contributed by atoms with E-state index in [2.05, 4.69) is 41.8 Å². The topological polar surface area (TPSA) is 138 Å². The number of rotatable bonds is 7. The normalized spacial score (nSPS) is 13.2. The molecule has 0 fully saturated rings. The number of hydrogen-bond donors (Lipinski definition) is 4. The van der Waals surface area contributed by atoms with Gasteiger partial charge < -0.3 is 25.5 Å². The number of benzene rings is 2. The van der Waals surface area contributed by atoms with E-state index in [-0.39, 0.29) is 18.0 Å². The van der Waals surface area contributed by atoms with E-state index in [1.165, 1.54) is 23.0 Å². The Hall–Kier alpha value is -4.91. The van der Waals surface area contributed by atoms with Crippen LogP contribution in [0.4, 0.5) is 20.2 Å². The molecular weight excluding hydrogens is 602 g/mol. The molecule has 0 radical (unpaired) electrons. The third-order valence-electron chi connectivity index (χ3n) is 6.38. The monoisotopic (exact) mass is 622 g/mol. The van der Waals surface area contributed by atoms with Crippen molar-refractivity contribution in [2.24, 2.45) is 0 Å². The van der Waals surface area contributed by atoms with Crippen molar-refractivity contribution in [1.82, 2.24) is 19.9 Å². The molecule has 0 atom stereocenters. The molecule has 5 rings (SSSR count). The van der Waals surface area contributed by atoms with Gasteiger partial charge in [-0.2, -0.15) is 0 Å². The third kappa shape index (κ3) is 5.84. The second kappa shape index (κ2) is 11.3. The van der Waals surface area contributed by atoms with Crippen LogP contribution in [0.2, 0.25) is 0 Å². The van der Waals surface area contributed by atoms with Gasteiger partial charge in [-0.05, 0) is 70.9 Å². The summed E-state index contributed by atoms with van der Waals surface area (Å²) in [7, 11) is 0. The number of carbonyl (C=O) groups excluding carboxylic acids is 3. The lowest BCUT2D eigenvalue weighted by molar-refractivity contribution is -0.115. The molecular formula is C28H21BrF2N6O4. The van der Waals surface area contributed by atoms with Gasteiger partial charge in [-0.25, -0.2) is 13.8 Å². The fourth-order valence-electron chi connectivity index (χ4n) is 4.26. The van der Waals surface area contributed by atoms with Gasteiger partial charge in [0.15, 0.2) is 11.6 Å². The van der Waals surface area contributed by atoms with Gasteiger partial charge in [0, 0.05) is 27.1 Å². The summed E-state index contributed by atoms with van der Waals surface area (Å²) in [5.41, 5.74) is 2.46. The highest BCUT2D eigenvalue weighted by molar-refractivity contribution is 9.10. The highest BCUT2D eigenvalue weighted by Crippen LogP contribution is 2.34. The predicted octanol–water partition coefficient (Wildman–Crippen LogP) is 3.83. The van der Waals surface area contributed by atoms with Crippen LogP contribution in [-0.4, -0.2) is 38.8 Å². The van der Waals surface area contributed by atoms with Crippen molar-refractivity contribution in [2.45, 2.75) is 13.5 Å². The molecule has 0 bridgehead atoms. The molecule has 208 valence electrons. The first-order valence-electron chi connectivity index (χ1n) is 12.2. The largest absolute Gasteiger partial charge is 0.345 e. The number of fused-ring (bicyclic) bond motifs is 1. The highest BCUT2D eigenvalue weighted by Gasteiger charge is 2.25. The van der Waals surface area contributed by atoms with Crippen LogP contribution in [0, 0.1) is 18.6 Å². The fourth-order valence-corrected chi connectivity index (χ4v) is 4.71. The van der Waals surface area contributed by atoms with Crippen LogP contribution in [0.25, 0.3) is 11.6 Å². The molecule has 2 aromatic carbocycles. The first kappa shape index (κ1) is 27.6. The lowest BCUT2D eigenvalue weighted by atomic mass is 10.1. The molecule has 0 saturated carbocycles. The van der Waals surface area contributed by atoms with E-state index in [4.69, 9.17) is 0 Å². The van der Waals surface area contributed by atoms with Crippen molar-refractivity contribution in [3.63, 3.8) is 0 Å². The first-order valence-corrected chi connectivity index (χ1v) is 13.0. The summed E-state index contributed by atoms with van der Waals surface area (Å²) in [5.74, 6) is -3.73. The van der Waals surface area contributed by atoms with Crippen LogP contribution in [0.3, 0.4) is 0 Å². The van der Waals surface area contributed by atoms with E-state index >= 15 is 0 Å². The molecule has 0 aliphatic carbocycles. The zero-order valence-electron chi connectivity index (χ0n) is 21.3. The molecule has 0 spiro atoms. The Balaban J connectivity index is 1.28. The molecule has 0 saturated heterocycles. The molecule has 4 aromatic rings. The number of hydrogen-bond acceptors (Lipinski definition) is 5. The second-order valence-electron chi connectivity index (χ2n) is 9.14. The molecule has 0 unspecified atom stereocenters. The highest BCUT2D eigenvalue weighted by atomic mass is 79.9. The number of pyridine rings is 1. The van der Waals surface area contributed by atoms with Crippen LogP contribution >= 0.6 is 15.9 Å². The predicted molar refractivity (Wildman–Crippen MR) is 151 cm³/mol. The van der Waals surface area contributed by atoms with Crippen LogP contribution in [0.15, 0.2) is 64.3 Å². The molecule has 41 heavy (non-hydrogen) atoms. The van der Waals surface area contributed by atoms with E-state index in [0.29, 0.717) is 43.9 Å². The summed E-state index contributed by atoms with van der Waals surface area (Å²) in [4.78, 5) is 57.9. The zero-order valence-corrected chi connectivity index (χ0v) is 22.9. The summed E-state index contributed by atoms with van der Waals surface area (Å²) in [6.07, 6.45) is 4.69. The number of H-pyrrole nitrogens is 1. The average molecular weight is 623 g/mol. The Morgan fingerprint density at radius 1 is 1.10 bits per heavy atom. The van der Waals surface area contributed by atoms with Crippen molar-refractivity contribution < 1.29 is 23.2 Å². The molecule has 3 heterocycles. The number of nitrogens with one attached hydrogen (secondary N) is 4. The molecule has 13 heteroatoms.